The van der Waals surface area contributed by atoms with Gasteiger partial charge in [0.15, 0.2) is 0 Å². The van der Waals surface area contributed by atoms with Crippen LogP contribution in [0, 0.1) is 0 Å². The largest absolute Gasteiger partial charge is 0.444 e. The molecule has 0 aromatic heterocycles. The number of ether oxygens (including phenoxy) is 1. The Morgan fingerprint density at radius 2 is 2.04 bits per heavy atom. The average Bonchev–Trinajstić information content (AvgIpc) is 2.57. The number of hydrogen-bond donors (Lipinski definition) is 0. The monoisotopic (exact) mass is 380 g/mol. The van der Waals surface area contributed by atoms with Crippen LogP contribution in [-0.4, -0.2) is 46.5 Å². The van der Waals surface area contributed by atoms with Gasteiger partial charge in [0, 0.05) is 24.7 Å². The number of halogens is 1. The molecular weight excluding hydrogens is 352 g/mol. The first-order chi connectivity index (χ1) is 12.2. The van der Waals surface area contributed by atoms with E-state index in [-0.39, 0.29) is 5.91 Å². The molecule has 5 nitrogen and oxygen atoms in total. The lowest BCUT2D eigenvalue weighted by atomic mass is 10.0. The Kier molecular flexibility index (Phi) is 6.93. The van der Waals surface area contributed by atoms with Crippen molar-refractivity contribution in [3.8, 4) is 0 Å². The van der Waals surface area contributed by atoms with Gasteiger partial charge in [0.1, 0.15) is 11.6 Å². The van der Waals surface area contributed by atoms with Crippen LogP contribution in [0.5, 0.6) is 0 Å². The number of piperidine rings is 1. The minimum absolute atomic E-state index is 0.0296. The lowest BCUT2D eigenvalue weighted by Gasteiger charge is -2.38. The molecule has 6 heteroatoms. The number of carbonyl (C=O) groups is 2. The van der Waals surface area contributed by atoms with Crippen molar-refractivity contribution in [3.63, 3.8) is 0 Å². The second-order valence-corrected chi connectivity index (χ2v) is 8.10. The van der Waals surface area contributed by atoms with E-state index in [2.05, 4.69) is 0 Å². The summed E-state index contributed by atoms with van der Waals surface area (Å²) < 4.78 is 5.50. The predicted molar refractivity (Wildman–Crippen MR) is 103 cm³/mol. The molecule has 26 heavy (non-hydrogen) atoms. The van der Waals surface area contributed by atoms with Crippen LogP contribution < -0.4 is 0 Å². The van der Waals surface area contributed by atoms with Crippen molar-refractivity contribution >= 4 is 23.6 Å². The van der Waals surface area contributed by atoms with Gasteiger partial charge in [-0.3, -0.25) is 9.69 Å². The molecule has 1 fully saturated rings. The zero-order valence-electron chi connectivity index (χ0n) is 16.1. The molecule has 144 valence electrons. The fraction of sp³-hybridized carbons (Fsp3) is 0.600. The van der Waals surface area contributed by atoms with Gasteiger partial charge in [0.25, 0.3) is 0 Å². The van der Waals surface area contributed by atoms with E-state index < -0.39 is 17.7 Å². The van der Waals surface area contributed by atoms with Crippen molar-refractivity contribution in [2.75, 3.05) is 13.1 Å². The minimum atomic E-state index is -0.576. The molecule has 1 aromatic rings. The Labute approximate surface area is 161 Å². The predicted octanol–water partition coefficient (Wildman–Crippen LogP) is 4.48. The summed E-state index contributed by atoms with van der Waals surface area (Å²) in [7, 11) is 0. The first-order valence-electron chi connectivity index (χ1n) is 9.24. The van der Waals surface area contributed by atoms with E-state index in [9.17, 15) is 9.59 Å². The van der Waals surface area contributed by atoms with Crippen LogP contribution in [0.25, 0.3) is 0 Å². The average molecular weight is 381 g/mol. The molecule has 1 heterocycles. The number of likely N-dealkylation sites (tertiary alicyclic amines) is 1. The van der Waals surface area contributed by atoms with Crippen molar-refractivity contribution in [2.24, 2.45) is 0 Å². The van der Waals surface area contributed by atoms with Crippen molar-refractivity contribution in [1.29, 1.82) is 0 Å². The molecule has 2 amide bonds. The highest BCUT2D eigenvalue weighted by Gasteiger charge is 2.36. The Morgan fingerprint density at radius 1 is 1.31 bits per heavy atom. The summed E-state index contributed by atoms with van der Waals surface area (Å²) in [4.78, 5) is 29.1. The molecule has 0 radical (unpaired) electrons. The number of rotatable bonds is 4. The molecule has 1 aliphatic heterocycles. The van der Waals surface area contributed by atoms with E-state index in [1.807, 2.05) is 52.0 Å². The lowest BCUT2D eigenvalue weighted by Crippen LogP contribution is -2.53. The van der Waals surface area contributed by atoms with Crippen LogP contribution in [0.1, 0.15) is 52.5 Å². The van der Waals surface area contributed by atoms with Gasteiger partial charge in [-0.05, 0) is 64.7 Å². The third-order valence-electron chi connectivity index (χ3n) is 4.37. The maximum Gasteiger partial charge on any atom is 0.410 e. The molecule has 0 N–H and O–H groups in total. The number of hydrogen-bond acceptors (Lipinski definition) is 3. The molecule has 0 bridgehead atoms. The molecule has 2 rings (SSSR count). The van der Waals surface area contributed by atoms with Crippen LogP contribution >= 0.6 is 11.6 Å². The van der Waals surface area contributed by atoms with Crippen molar-refractivity contribution in [2.45, 2.75) is 65.1 Å². The molecule has 1 aliphatic rings. The van der Waals surface area contributed by atoms with Crippen LogP contribution in [0.15, 0.2) is 24.3 Å². The van der Waals surface area contributed by atoms with Gasteiger partial charge in [0.2, 0.25) is 5.91 Å². The molecule has 1 unspecified atom stereocenters. The molecule has 1 aromatic carbocycles. The lowest BCUT2D eigenvalue weighted by molar-refractivity contribution is -0.138. The van der Waals surface area contributed by atoms with Crippen molar-refractivity contribution < 1.29 is 14.3 Å². The Balaban J connectivity index is 2.13. The molecule has 0 saturated carbocycles. The molecule has 1 saturated heterocycles. The topological polar surface area (TPSA) is 49.9 Å². The summed E-state index contributed by atoms with van der Waals surface area (Å²) in [6.45, 7) is 9.07. The number of likely N-dealkylation sites (N-methyl/N-ethyl adjacent to an activating group) is 1. The quantitative estimate of drug-likeness (QED) is 0.773. The Morgan fingerprint density at radius 3 is 2.65 bits per heavy atom. The highest BCUT2D eigenvalue weighted by atomic mass is 35.5. The number of carbonyl (C=O) groups excluding carboxylic acids is 2. The highest BCUT2D eigenvalue weighted by molar-refractivity contribution is 6.30. The van der Waals surface area contributed by atoms with E-state index >= 15 is 0 Å². The van der Waals surface area contributed by atoms with Crippen LogP contribution in [0.2, 0.25) is 5.02 Å². The summed E-state index contributed by atoms with van der Waals surface area (Å²) in [5.74, 6) is -0.0296. The smallest absolute Gasteiger partial charge is 0.410 e. The maximum absolute atomic E-state index is 13.1. The van der Waals surface area contributed by atoms with Gasteiger partial charge in [-0.25, -0.2) is 4.79 Å². The van der Waals surface area contributed by atoms with E-state index in [1.165, 1.54) is 0 Å². The van der Waals surface area contributed by atoms with Gasteiger partial charge >= 0.3 is 6.09 Å². The van der Waals surface area contributed by atoms with Gasteiger partial charge in [-0.2, -0.15) is 0 Å². The van der Waals surface area contributed by atoms with Gasteiger partial charge < -0.3 is 9.64 Å². The van der Waals surface area contributed by atoms with E-state index in [0.29, 0.717) is 31.1 Å². The van der Waals surface area contributed by atoms with Crippen molar-refractivity contribution in [3.05, 3.63) is 34.9 Å². The number of amides is 2. The summed E-state index contributed by atoms with van der Waals surface area (Å²) in [6, 6.07) is 7.05. The number of nitrogens with zero attached hydrogens (tertiary/aromatic N) is 2. The summed E-state index contributed by atoms with van der Waals surface area (Å²) in [5, 5.41) is 0.652. The Bertz CT molecular complexity index is 642. The van der Waals surface area contributed by atoms with Crippen LogP contribution in [-0.2, 0) is 16.1 Å². The van der Waals surface area contributed by atoms with Crippen molar-refractivity contribution in [1.82, 2.24) is 9.80 Å². The van der Waals surface area contributed by atoms with Crippen LogP contribution in [0.4, 0.5) is 4.79 Å². The highest BCUT2D eigenvalue weighted by Crippen LogP contribution is 2.23. The van der Waals surface area contributed by atoms with Gasteiger partial charge in [-0.1, -0.05) is 23.7 Å². The number of benzene rings is 1. The first-order valence-corrected chi connectivity index (χ1v) is 9.62. The summed E-state index contributed by atoms with van der Waals surface area (Å²) in [6.07, 6.45) is 2.09. The van der Waals surface area contributed by atoms with Crippen LogP contribution in [0.3, 0.4) is 0 Å². The molecule has 0 spiro atoms. The van der Waals surface area contributed by atoms with Gasteiger partial charge in [-0.15, -0.1) is 0 Å². The third kappa shape index (κ3) is 5.63. The molecular formula is C20H29ClN2O3. The normalized spacial score (nSPS) is 17.7. The molecule has 1 atom stereocenters. The second kappa shape index (κ2) is 8.76. The Hall–Kier alpha value is -1.75. The van der Waals surface area contributed by atoms with E-state index in [0.717, 1.165) is 18.4 Å². The zero-order chi connectivity index (χ0) is 19.3. The third-order valence-corrected chi connectivity index (χ3v) is 4.61. The molecule has 0 aliphatic carbocycles. The minimum Gasteiger partial charge on any atom is -0.444 e. The van der Waals surface area contributed by atoms with E-state index in [1.54, 1.807) is 9.80 Å². The standard InChI is InChI=1S/C20H29ClN2O3/c1-5-22(14-15-9-8-10-16(21)13-15)18(24)17-11-6-7-12-23(17)19(25)26-20(2,3)4/h8-10,13,17H,5-7,11-12,14H2,1-4H3. The fourth-order valence-corrected chi connectivity index (χ4v) is 3.35. The SMILES string of the molecule is CCN(Cc1cccc(Cl)c1)C(=O)C1CCCCN1C(=O)OC(C)(C)C. The zero-order valence-corrected chi connectivity index (χ0v) is 16.9. The maximum atomic E-state index is 13.1. The van der Waals surface area contributed by atoms with E-state index in [4.69, 9.17) is 16.3 Å². The van der Waals surface area contributed by atoms with Gasteiger partial charge in [0.05, 0.1) is 0 Å². The first kappa shape index (κ1) is 20.6. The fourth-order valence-electron chi connectivity index (χ4n) is 3.14. The second-order valence-electron chi connectivity index (χ2n) is 7.67. The summed E-state index contributed by atoms with van der Waals surface area (Å²) >= 11 is 6.05. The summed E-state index contributed by atoms with van der Waals surface area (Å²) in [5.41, 5.74) is 0.403.